The summed E-state index contributed by atoms with van der Waals surface area (Å²) in [6.45, 7) is 2.30. The van der Waals surface area contributed by atoms with Crippen molar-refractivity contribution >= 4 is 11.7 Å². The monoisotopic (exact) mass is 208 g/mol. The molecule has 2 amide bonds. The van der Waals surface area contributed by atoms with E-state index in [4.69, 9.17) is 4.74 Å². The molecule has 0 saturated heterocycles. The lowest BCUT2D eigenvalue weighted by molar-refractivity contribution is 0.177. The largest absolute Gasteiger partial charge is 0.364 e. The third kappa shape index (κ3) is 3.99. The van der Waals surface area contributed by atoms with Gasteiger partial charge in [-0.05, 0) is 24.1 Å². The van der Waals surface area contributed by atoms with Crippen molar-refractivity contribution in [3.63, 3.8) is 0 Å². The Morgan fingerprint density at radius 2 is 2.00 bits per heavy atom. The van der Waals surface area contributed by atoms with Crippen molar-refractivity contribution in [1.82, 2.24) is 5.32 Å². The van der Waals surface area contributed by atoms with Crippen molar-refractivity contribution in [3.8, 4) is 0 Å². The summed E-state index contributed by atoms with van der Waals surface area (Å²) in [5.74, 6) is 0. The van der Waals surface area contributed by atoms with Gasteiger partial charge < -0.3 is 15.4 Å². The zero-order valence-electron chi connectivity index (χ0n) is 9.04. The third-order valence-electron chi connectivity index (χ3n) is 2.00. The standard InChI is InChI=1S/C11H16N2O2/c1-3-9-4-6-10(7-5-9)13-11(14)12-8-15-2/h4-7H,3,8H2,1-2H3,(H2,12,13,14). The van der Waals surface area contributed by atoms with Crippen LogP contribution in [0, 0.1) is 0 Å². The second kappa shape index (κ2) is 6.03. The second-order valence-electron chi connectivity index (χ2n) is 3.11. The molecule has 0 saturated carbocycles. The van der Waals surface area contributed by atoms with Gasteiger partial charge in [-0.1, -0.05) is 19.1 Å². The van der Waals surface area contributed by atoms with Gasteiger partial charge in [0.1, 0.15) is 6.73 Å². The van der Waals surface area contributed by atoms with Crippen molar-refractivity contribution in [1.29, 1.82) is 0 Å². The molecule has 4 nitrogen and oxygen atoms in total. The molecule has 0 aromatic heterocycles. The summed E-state index contributed by atoms with van der Waals surface area (Å²) in [4.78, 5) is 11.2. The number of amides is 2. The molecule has 0 bridgehead atoms. The van der Waals surface area contributed by atoms with Gasteiger partial charge in [-0.15, -0.1) is 0 Å². The molecule has 0 atom stereocenters. The molecule has 2 N–H and O–H groups in total. The van der Waals surface area contributed by atoms with Crippen LogP contribution in [-0.4, -0.2) is 19.9 Å². The van der Waals surface area contributed by atoms with Crippen LogP contribution in [0.1, 0.15) is 12.5 Å². The Balaban J connectivity index is 2.46. The van der Waals surface area contributed by atoms with E-state index in [1.807, 2.05) is 24.3 Å². The van der Waals surface area contributed by atoms with Gasteiger partial charge in [0.15, 0.2) is 0 Å². The maximum atomic E-state index is 11.2. The smallest absolute Gasteiger partial charge is 0.321 e. The van der Waals surface area contributed by atoms with Gasteiger partial charge in [0.25, 0.3) is 0 Å². The summed E-state index contributed by atoms with van der Waals surface area (Å²) in [6.07, 6.45) is 0.996. The average molecular weight is 208 g/mol. The first-order valence-electron chi connectivity index (χ1n) is 4.89. The molecule has 0 radical (unpaired) electrons. The van der Waals surface area contributed by atoms with Gasteiger partial charge in [-0.2, -0.15) is 0 Å². The Hall–Kier alpha value is -1.55. The molecule has 4 heteroatoms. The van der Waals surface area contributed by atoms with Crippen molar-refractivity contribution in [3.05, 3.63) is 29.8 Å². The van der Waals surface area contributed by atoms with Crippen LogP contribution in [0.25, 0.3) is 0 Å². The predicted octanol–water partition coefficient (Wildman–Crippen LogP) is 1.97. The van der Waals surface area contributed by atoms with E-state index in [1.165, 1.54) is 12.7 Å². The van der Waals surface area contributed by atoms with Gasteiger partial charge in [-0.3, -0.25) is 0 Å². The van der Waals surface area contributed by atoms with Crippen molar-refractivity contribution in [2.45, 2.75) is 13.3 Å². The number of benzene rings is 1. The van der Waals surface area contributed by atoms with Gasteiger partial charge >= 0.3 is 6.03 Å². The highest BCUT2D eigenvalue weighted by Gasteiger charge is 1.99. The van der Waals surface area contributed by atoms with Crippen molar-refractivity contribution in [2.24, 2.45) is 0 Å². The number of rotatable bonds is 4. The minimum Gasteiger partial charge on any atom is -0.364 e. The Morgan fingerprint density at radius 1 is 1.33 bits per heavy atom. The highest BCUT2D eigenvalue weighted by molar-refractivity contribution is 5.89. The number of carbonyl (C=O) groups is 1. The molecular weight excluding hydrogens is 192 g/mol. The highest BCUT2D eigenvalue weighted by Crippen LogP contribution is 2.09. The van der Waals surface area contributed by atoms with E-state index in [9.17, 15) is 4.79 Å². The normalized spacial score (nSPS) is 9.73. The lowest BCUT2D eigenvalue weighted by atomic mass is 10.1. The number of aryl methyl sites for hydroxylation is 1. The van der Waals surface area contributed by atoms with Crippen molar-refractivity contribution in [2.75, 3.05) is 19.2 Å². The Kier molecular flexibility index (Phi) is 4.63. The summed E-state index contributed by atoms with van der Waals surface area (Å²) in [7, 11) is 1.52. The molecule has 0 spiro atoms. The van der Waals surface area contributed by atoms with Crippen LogP contribution >= 0.6 is 0 Å². The van der Waals surface area contributed by atoms with Gasteiger partial charge in [0.2, 0.25) is 0 Å². The summed E-state index contributed by atoms with van der Waals surface area (Å²) >= 11 is 0. The van der Waals surface area contributed by atoms with Crippen LogP contribution in [0.15, 0.2) is 24.3 Å². The first kappa shape index (κ1) is 11.5. The van der Waals surface area contributed by atoms with Gasteiger partial charge in [0, 0.05) is 12.8 Å². The number of carbonyl (C=O) groups excluding carboxylic acids is 1. The maximum Gasteiger partial charge on any atom is 0.321 e. The first-order valence-corrected chi connectivity index (χ1v) is 4.89. The molecule has 0 unspecified atom stereocenters. The number of ether oxygens (including phenoxy) is 1. The van der Waals surface area contributed by atoms with Crippen LogP contribution in [0.3, 0.4) is 0 Å². The fraction of sp³-hybridized carbons (Fsp3) is 0.364. The topological polar surface area (TPSA) is 50.4 Å². The molecule has 0 heterocycles. The quantitative estimate of drug-likeness (QED) is 0.743. The number of urea groups is 1. The summed E-state index contributed by atoms with van der Waals surface area (Å²) in [5, 5.41) is 5.24. The minimum atomic E-state index is -0.263. The molecular formula is C11H16N2O2. The second-order valence-corrected chi connectivity index (χ2v) is 3.11. The summed E-state index contributed by atoms with van der Waals surface area (Å²) in [5.41, 5.74) is 2.03. The molecule has 0 fully saturated rings. The third-order valence-corrected chi connectivity index (χ3v) is 2.00. The molecule has 1 aromatic rings. The maximum absolute atomic E-state index is 11.2. The molecule has 15 heavy (non-hydrogen) atoms. The lowest BCUT2D eigenvalue weighted by Gasteiger charge is -2.06. The Morgan fingerprint density at radius 3 is 2.53 bits per heavy atom. The Labute approximate surface area is 89.6 Å². The molecule has 82 valence electrons. The molecule has 1 aromatic carbocycles. The number of anilines is 1. The van der Waals surface area contributed by atoms with E-state index >= 15 is 0 Å². The molecule has 0 aliphatic carbocycles. The first-order chi connectivity index (χ1) is 7.26. The fourth-order valence-corrected chi connectivity index (χ4v) is 1.14. The van der Waals surface area contributed by atoms with E-state index in [0.717, 1.165) is 12.1 Å². The number of nitrogens with one attached hydrogen (secondary N) is 2. The van der Waals surface area contributed by atoms with Crippen LogP contribution in [0.2, 0.25) is 0 Å². The predicted molar refractivity (Wildman–Crippen MR) is 59.9 cm³/mol. The SMILES string of the molecule is CCc1ccc(NC(=O)NCOC)cc1. The fourth-order valence-electron chi connectivity index (χ4n) is 1.14. The molecule has 0 aliphatic heterocycles. The van der Waals surface area contributed by atoms with Crippen molar-refractivity contribution < 1.29 is 9.53 Å². The van der Waals surface area contributed by atoms with E-state index < -0.39 is 0 Å². The van der Waals surface area contributed by atoms with Crippen LogP contribution in [0.4, 0.5) is 10.5 Å². The highest BCUT2D eigenvalue weighted by atomic mass is 16.5. The van der Waals surface area contributed by atoms with E-state index in [2.05, 4.69) is 17.6 Å². The molecule has 0 aliphatic rings. The lowest BCUT2D eigenvalue weighted by Crippen LogP contribution is -2.30. The molecule has 1 rings (SSSR count). The van der Waals surface area contributed by atoms with Crippen LogP contribution in [-0.2, 0) is 11.2 Å². The van der Waals surface area contributed by atoms with E-state index in [1.54, 1.807) is 0 Å². The minimum absolute atomic E-state index is 0.207. The van der Waals surface area contributed by atoms with Gasteiger partial charge in [-0.25, -0.2) is 4.79 Å². The van der Waals surface area contributed by atoms with Crippen LogP contribution < -0.4 is 10.6 Å². The average Bonchev–Trinajstić information content (AvgIpc) is 2.27. The zero-order chi connectivity index (χ0) is 11.1. The van der Waals surface area contributed by atoms with E-state index in [-0.39, 0.29) is 12.8 Å². The number of methoxy groups -OCH3 is 1. The summed E-state index contributed by atoms with van der Waals surface area (Å²) < 4.78 is 4.71. The van der Waals surface area contributed by atoms with Crippen LogP contribution in [0.5, 0.6) is 0 Å². The Bertz CT molecular complexity index is 309. The van der Waals surface area contributed by atoms with E-state index in [0.29, 0.717) is 0 Å². The zero-order valence-corrected chi connectivity index (χ0v) is 9.04. The van der Waals surface area contributed by atoms with Gasteiger partial charge in [0.05, 0.1) is 0 Å². The number of hydrogen-bond donors (Lipinski definition) is 2. The number of hydrogen-bond acceptors (Lipinski definition) is 2. The summed E-state index contributed by atoms with van der Waals surface area (Å²) in [6, 6.07) is 7.48.